The number of hydrogen-bond donors (Lipinski definition) is 1. The van der Waals surface area contributed by atoms with Crippen molar-refractivity contribution in [3.63, 3.8) is 0 Å². The molecule has 0 aliphatic carbocycles. The highest BCUT2D eigenvalue weighted by molar-refractivity contribution is 5.87. The fraction of sp³-hybridized carbons (Fsp3) is 0.917. The molecule has 0 amide bonds. The lowest BCUT2D eigenvalue weighted by Crippen LogP contribution is -2.42. The van der Waals surface area contributed by atoms with Gasteiger partial charge in [0, 0.05) is 39.1 Å². The molecule has 1 fully saturated rings. The third-order valence-corrected chi connectivity index (χ3v) is 3.24. The molecule has 0 radical (unpaired) electrons. The van der Waals surface area contributed by atoms with Crippen LogP contribution in [0.3, 0.4) is 0 Å². The normalized spacial score (nSPS) is 24.4. The zero-order valence-corrected chi connectivity index (χ0v) is 10.9. The standard InChI is InChI=1S/C12H24N2O3/c1-3-11-10-14(5-4-12(11)13-15)6-7-17-9-8-16-2/h11,15H,3-10H2,1-2H3. The van der Waals surface area contributed by atoms with E-state index in [1.807, 2.05) is 0 Å². The van der Waals surface area contributed by atoms with E-state index in [0.29, 0.717) is 19.1 Å². The van der Waals surface area contributed by atoms with Gasteiger partial charge in [-0.2, -0.15) is 0 Å². The molecule has 17 heavy (non-hydrogen) atoms. The van der Waals surface area contributed by atoms with Gasteiger partial charge in [-0.1, -0.05) is 12.1 Å². The van der Waals surface area contributed by atoms with E-state index in [4.69, 9.17) is 14.7 Å². The van der Waals surface area contributed by atoms with Crippen molar-refractivity contribution < 1.29 is 14.7 Å². The van der Waals surface area contributed by atoms with Crippen LogP contribution in [0, 0.1) is 5.92 Å². The van der Waals surface area contributed by atoms with E-state index in [1.54, 1.807) is 7.11 Å². The van der Waals surface area contributed by atoms with Crippen molar-refractivity contribution in [3.8, 4) is 0 Å². The maximum Gasteiger partial charge on any atom is 0.0700 e. The molecular weight excluding hydrogens is 220 g/mol. The maximum absolute atomic E-state index is 8.88. The van der Waals surface area contributed by atoms with Crippen molar-refractivity contribution in [3.05, 3.63) is 0 Å². The second-order valence-electron chi connectivity index (χ2n) is 4.35. The van der Waals surface area contributed by atoms with E-state index in [9.17, 15) is 0 Å². The number of likely N-dealkylation sites (tertiary alicyclic amines) is 1. The molecule has 0 bridgehead atoms. The Bertz CT molecular complexity index is 234. The van der Waals surface area contributed by atoms with Crippen LogP contribution in [-0.2, 0) is 9.47 Å². The summed E-state index contributed by atoms with van der Waals surface area (Å²) in [4.78, 5) is 2.37. The minimum atomic E-state index is 0.396. The molecule has 5 nitrogen and oxygen atoms in total. The van der Waals surface area contributed by atoms with Gasteiger partial charge in [0.25, 0.3) is 0 Å². The summed E-state index contributed by atoms with van der Waals surface area (Å²) in [6.45, 7) is 7.07. The Morgan fingerprint density at radius 1 is 1.41 bits per heavy atom. The molecule has 0 aromatic heterocycles. The van der Waals surface area contributed by atoms with Gasteiger partial charge < -0.3 is 19.6 Å². The van der Waals surface area contributed by atoms with Crippen LogP contribution in [0.5, 0.6) is 0 Å². The van der Waals surface area contributed by atoms with Crippen molar-refractivity contribution >= 4 is 5.71 Å². The lowest BCUT2D eigenvalue weighted by Gasteiger charge is -2.32. The topological polar surface area (TPSA) is 54.3 Å². The third kappa shape index (κ3) is 5.02. The predicted molar refractivity (Wildman–Crippen MR) is 66.8 cm³/mol. The van der Waals surface area contributed by atoms with Crippen LogP contribution in [-0.4, -0.2) is 62.4 Å². The minimum Gasteiger partial charge on any atom is -0.411 e. The Hall–Kier alpha value is -0.650. The molecule has 100 valence electrons. The van der Waals surface area contributed by atoms with E-state index in [1.165, 1.54) is 0 Å². The van der Waals surface area contributed by atoms with Gasteiger partial charge in [0.1, 0.15) is 0 Å². The summed E-state index contributed by atoms with van der Waals surface area (Å²) < 4.78 is 10.4. The average molecular weight is 244 g/mol. The molecule has 1 heterocycles. The predicted octanol–water partition coefficient (Wildman–Crippen LogP) is 1.21. The molecule has 1 aliphatic heterocycles. The van der Waals surface area contributed by atoms with Crippen molar-refractivity contribution in [2.24, 2.45) is 11.1 Å². The average Bonchev–Trinajstić information content (AvgIpc) is 2.38. The molecule has 1 atom stereocenters. The van der Waals surface area contributed by atoms with Gasteiger partial charge in [0.2, 0.25) is 0 Å². The summed E-state index contributed by atoms with van der Waals surface area (Å²) in [5, 5.41) is 12.3. The monoisotopic (exact) mass is 244 g/mol. The molecule has 0 spiro atoms. The second-order valence-corrected chi connectivity index (χ2v) is 4.35. The zero-order chi connectivity index (χ0) is 12.5. The molecular formula is C12H24N2O3. The zero-order valence-electron chi connectivity index (χ0n) is 10.9. The Morgan fingerprint density at radius 2 is 2.24 bits per heavy atom. The van der Waals surface area contributed by atoms with Gasteiger partial charge in [-0.3, -0.25) is 0 Å². The molecule has 1 N–H and O–H groups in total. The van der Waals surface area contributed by atoms with Gasteiger partial charge in [-0.05, 0) is 6.42 Å². The fourth-order valence-corrected chi connectivity index (χ4v) is 2.12. The SMILES string of the molecule is CCC1CN(CCOCCOC)CCC1=NO. The number of hydrogen-bond acceptors (Lipinski definition) is 5. The van der Waals surface area contributed by atoms with Crippen molar-refractivity contribution in [1.82, 2.24) is 4.90 Å². The summed E-state index contributed by atoms with van der Waals surface area (Å²) >= 11 is 0. The second kappa shape index (κ2) is 8.44. The van der Waals surface area contributed by atoms with Gasteiger partial charge in [0.15, 0.2) is 0 Å². The minimum absolute atomic E-state index is 0.396. The van der Waals surface area contributed by atoms with Crippen LogP contribution >= 0.6 is 0 Å². The molecule has 0 saturated carbocycles. The van der Waals surface area contributed by atoms with Crippen LogP contribution in [0.1, 0.15) is 19.8 Å². The Morgan fingerprint density at radius 3 is 2.88 bits per heavy atom. The van der Waals surface area contributed by atoms with Crippen LogP contribution in [0.25, 0.3) is 0 Å². The first-order chi connectivity index (χ1) is 8.31. The number of rotatable bonds is 7. The third-order valence-electron chi connectivity index (χ3n) is 3.24. The molecule has 1 saturated heterocycles. The number of piperidine rings is 1. The summed E-state index contributed by atoms with van der Waals surface area (Å²) in [7, 11) is 1.68. The number of nitrogens with zero attached hydrogens (tertiary/aromatic N) is 2. The maximum atomic E-state index is 8.88. The molecule has 1 rings (SSSR count). The van der Waals surface area contributed by atoms with Crippen LogP contribution in [0.4, 0.5) is 0 Å². The van der Waals surface area contributed by atoms with E-state index in [0.717, 1.165) is 44.8 Å². The Kier molecular flexibility index (Phi) is 7.16. The number of methoxy groups -OCH3 is 1. The molecule has 1 aliphatic rings. The highest BCUT2D eigenvalue weighted by Crippen LogP contribution is 2.16. The van der Waals surface area contributed by atoms with E-state index in [-0.39, 0.29) is 0 Å². The van der Waals surface area contributed by atoms with E-state index < -0.39 is 0 Å². The van der Waals surface area contributed by atoms with Crippen molar-refractivity contribution in [2.75, 3.05) is 46.6 Å². The van der Waals surface area contributed by atoms with Crippen LogP contribution in [0.2, 0.25) is 0 Å². The first-order valence-corrected chi connectivity index (χ1v) is 6.31. The summed E-state index contributed by atoms with van der Waals surface area (Å²) in [5.74, 6) is 0.396. The number of oxime groups is 1. The molecule has 5 heteroatoms. The highest BCUT2D eigenvalue weighted by Gasteiger charge is 2.24. The van der Waals surface area contributed by atoms with Gasteiger partial charge in [-0.15, -0.1) is 0 Å². The largest absolute Gasteiger partial charge is 0.411 e. The number of ether oxygens (including phenoxy) is 2. The van der Waals surface area contributed by atoms with E-state index in [2.05, 4.69) is 17.0 Å². The lowest BCUT2D eigenvalue weighted by molar-refractivity contribution is 0.0547. The smallest absolute Gasteiger partial charge is 0.0700 e. The van der Waals surface area contributed by atoms with Crippen molar-refractivity contribution in [1.29, 1.82) is 0 Å². The first-order valence-electron chi connectivity index (χ1n) is 6.31. The summed E-state index contributed by atoms with van der Waals surface area (Å²) in [6.07, 6.45) is 1.90. The molecule has 0 aromatic rings. The summed E-state index contributed by atoms with van der Waals surface area (Å²) in [6, 6.07) is 0. The molecule has 0 aromatic carbocycles. The molecule has 1 unspecified atom stereocenters. The lowest BCUT2D eigenvalue weighted by atomic mass is 9.93. The fourth-order valence-electron chi connectivity index (χ4n) is 2.12. The van der Waals surface area contributed by atoms with Crippen molar-refractivity contribution in [2.45, 2.75) is 19.8 Å². The van der Waals surface area contributed by atoms with Gasteiger partial charge in [0.05, 0.1) is 25.5 Å². The Labute approximate surface area is 103 Å². The Balaban J connectivity index is 2.18. The van der Waals surface area contributed by atoms with Gasteiger partial charge in [-0.25, -0.2) is 0 Å². The van der Waals surface area contributed by atoms with Gasteiger partial charge >= 0.3 is 0 Å². The highest BCUT2D eigenvalue weighted by atomic mass is 16.5. The summed E-state index contributed by atoms with van der Waals surface area (Å²) in [5.41, 5.74) is 0.948. The van der Waals surface area contributed by atoms with Crippen LogP contribution < -0.4 is 0 Å². The first kappa shape index (κ1) is 14.4. The van der Waals surface area contributed by atoms with Crippen LogP contribution in [0.15, 0.2) is 5.16 Å². The van der Waals surface area contributed by atoms with E-state index >= 15 is 0 Å². The quantitative estimate of drug-likeness (QED) is 0.415.